The predicted octanol–water partition coefficient (Wildman–Crippen LogP) is 2.13. The van der Waals surface area contributed by atoms with Crippen molar-refractivity contribution in [2.45, 2.75) is 39.3 Å². The largest absolute Gasteiger partial charge is 0.491 e. The van der Waals surface area contributed by atoms with Gasteiger partial charge in [0.2, 0.25) is 5.91 Å². The SMILES string of the molecule is CCC(=O)Nc1ccc2c(c1)OC[C@@H](C)NC[C@H](C)[C@@H](OC)CN(C)C2=O. The summed E-state index contributed by atoms with van der Waals surface area (Å²) in [6, 6.07) is 5.25. The Bertz CT molecular complexity index is 665. The lowest BCUT2D eigenvalue weighted by Gasteiger charge is -2.30. The Morgan fingerprint density at radius 2 is 2.15 bits per heavy atom. The third-order valence-corrected chi connectivity index (χ3v) is 4.83. The van der Waals surface area contributed by atoms with Crippen molar-refractivity contribution in [3.05, 3.63) is 23.8 Å². The van der Waals surface area contributed by atoms with Gasteiger partial charge in [-0.1, -0.05) is 13.8 Å². The second kappa shape index (κ2) is 9.71. The van der Waals surface area contributed by atoms with Gasteiger partial charge in [-0.15, -0.1) is 0 Å². The summed E-state index contributed by atoms with van der Waals surface area (Å²) >= 11 is 0. The number of fused-ring (bicyclic) bond motifs is 1. The van der Waals surface area contributed by atoms with E-state index in [1.54, 1.807) is 44.2 Å². The van der Waals surface area contributed by atoms with Crippen molar-refractivity contribution in [2.75, 3.05) is 39.2 Å². The van der Waals surface area contributed by atoms with Gasteiger partial charge in [-0.25, -0.2) is 0 Å². The molecule has 150 valence electrons. The van der Waals surface area contributed by atoms with Gasteiger partial charge in [-0.05, 0) is 25.0 Å². The van der Waals surface area contributed by atoms with Crippen LogP contribution in [0, 0.1) is 5.92 Å². The minimum Gasteiger partial charge on any atom is -0.491 e. The molecule has 1 aromatic carbocycles. The molecular weight excluding hydrogens is 346 g/mol. The van der Waals surface area contributed by atoms with Crippen LogP contribution >= 0.6 is 0 Å². The maximum atomic E-state index is 13.0. The zero-order valence-electron chi connectivity index (χ0n) is 16.9. The molecule has 0 radical (unpaired) electrons. The molecule has 1 aromatic rings. The van der Waals surface area contributed by atoms with E-state index >= 15 is 0 Å². The highest BCUT2D eigenvalue weighted by Gasteiger charge is 2.25. The van der Waals surface area contributed by atoms with Gasteiger partial charge in [0, 0.05) is 51.5 Å². The van der Waals surface area contributed by atoms with Crippen LogP contribution in [0.15, 0.2) is 18.2 Å². The van der Waals surface area contributed by atoms with Crippen molar-refractivity contribution in [3.63, 3.8) is 0 Å². The number of amides is 2. The zero-order chi connectivity index (χ0) is 20.0. The number of ether oxygens (including phenoxy) is 2. The topological polar surface area (TPSA) is 79.9 Å². The third-order valence-electron chi connectivity index (χ3n) is 4.83. The Hall–Kier alpha value is -2.12. The van der Waals surface area contributed by atoms with Gasteiger partial charge in [0.15, 0.2) is 0 Å². The van der Waals surface area contributed by atoms with E-state index in [1.807, 2.05) is 6.92 Å². The van der Waals surface area contributed by atoms with Crippen molar-refractivity contribution in [1.29, 1.82) is 0 Å². The second-order valence-electron chi connectivity index (χ2n) is 7.17. The van der Waals surface area contributed by atoms with E-state index in [9.17, 15) is 9.59 Å². The van der Waals surface area contributed by atoms with E-state index in [0.717, 1.165) is 6.54 Å². The summed E-state index contributed by atoms with van der Waals surface area (Å²) in [5.74, 6) is 0.502. The predicted molar refractivity (Wildman–Crippen MR) is 105 cm³/mol. The Morgan fingerprint density at radius 3 is 2.81 bits per heavy atom. The normalized spacial score (nSPS) is 24.3. The number of hydrogen-bond acceptors (Lipinski definition) is 5. The molecule has 1 aliphatic heterocycles. The van der Waals surface area contributed by atoms with Crippen LogP contribution in [0.1, 0.15) is 37.6 Å². The maximum Gasteiger partial charge on any atom is 0.257 e. The number of carbonyl (C=O) groups is 2. The van der Waals surface area contributed by atoms with Gasteiger partial charge >= 0.3 is 0 Å². The smallest absolute Gasteiger partial charge is 0.257 e. The molecule has 2 N–H and O–H groups in total. The van der Waals surface area contributed by atoms with E-state index < -0.39 is 0 Å². The summed E-state index contributed by atoms with van der Waals surface area (Å²) in [7, 11) is 3.44. The van der Waals surface area contributed by atoms with Crippen molar-refractivity contribution in [2.24, 2.45) is 5.92 Å². The number of rotatable bonds is 3. The number of nitrogens with one attached hydrogen (secondary N) is 2. The summed E-state index contributed by atoms with van der Waals surface area (Å²) in [6.45, 7) is 7.61. The van der Waals surface area contributed by atoms with Crippen molar-refractivity contribution in [3.8, 4) is 5.75 Å². The van der Waals surface area contributed by atoms with E-state index in [2.05, 4.69) is 17.6 Å². The van der Waals surface area contributed by atoms with E-state index in [0.29, 0.717) is 36.6 Å². The van der Waals surface area contributed by atoms with Crippen LogP contribution in [-0.4, -0.2) is 62.7 Å². The Morgan fingerprint density at radius 1 is 1.41 bits per heavy atom. The molecule has 0 saturated carbocycles. The fourth-order valence-corrected chi connectivity index (χ4v) is 2.98. The molecule has 1 aliphatic rings. The Balaban J connectivity index is 2.34. The van der Waals surface area contributed by atoms with Crippen LogP contribution in [0.25, 0.3) is 0 Å². The minimum absolute atomic E-state index is 0.0643. The average molecular weight is 377 g/mol. The monoisotopic (exact) mass is 377 g/mol. The first-order valence-electron chi connectivity index (χ1n) is 9.44. The first kappa shape index (κ1) is 21.2. The fraction of sp³-hybridized carbons (Fsp3) is 0.600. The summed E-state index contributed by atoms with van der Waals surface area (Å²) < 4.78 is 11.6. The molecule has 1 heterocycles. The van der Waals surface area contributed by atoms with Gasteiger partial charge in [0.1, 0.15) is 12.4 Å². The highest BCUT2D eigenvalue weighted by molar-refractivity contribution is 5.98. The highest BCUT2D eigenvalue weighted by atomic mass is 16.5. The number of hydrogen-bond donors (Lipinski definition) is 2. The quantitative estimate of drug-likeness (QED) is 0.844. The molecule has 2 rings (SSSR count). The number of likely N-dealkylation sites (N-methyl/N-ethyl adjacent to an activating group) is 1. The number of nitrogens with zero attached hydrogens (tertiary/aromatic N) is 1. The lowest BCUT2D eigenvalue weighted by Crippen LogP contribution is -2.44. The van der Waals surface area contributed by atoms with E-state index in [4.69, 9.17) is 9.47 Å². The molecular formula is C20H31N3O4. The highest BCUT2D eigenvalue weighted by Crippen LogP contribution is 2.26. The molecule has 7 heteroatoms. The van der Waals surface area contributed by atoms with Gasteiger partial charge in [0.05, 0.1) is 11.7 Å². The molecule has 0 fully saturated rings. The number of methoxy groups -OCH3 is 1. The van der Waals surface area contributed by atoms with Crippen LogP contribution in [0.3, 0.4) is 0 Å². The summed E-state index contributed by atoms with van der Waals surface area (Å²) in [4.78, 5) is 26.3. The first-order chi connectivity index (χ1) is 12.8. The van der Waals surface area contributed by atoms with Crippen molar-refractivity contribution in [1.82, 2.24) is 10.2 Å². The van der Waals surface area contributed by atoms with Crippen molar-refractivity contribution < 1.29 is 19.1 Å². The maximum absolute atomic E-state index is 13.0. The standard InChI is InChI=1S/C20H31N3O4/c1-6-19(24)22-15-7-8-16-17(9-15)27-12-14(3)21-10-13(2)18(26-5)11-23(4)20(16)25/h7-9,13-14,18,21H,6,10-12H2,1-5H3,(H,22,24)/t13-,14+,18-/m0/s1. The van der Waals surface area contributed by atoms with Crippen LogP contribution in [0.2, 0.25) is 0 Å². The lowest BCUT2D eigenvalue weighted by atomic mass is 10.0. The number of benzene rings is 1. The molecule has 0 aliphatic carbocycles. The second-order valence-corrected chi connectivity index (χ2v) is 7.17. The summed E-state index contributed by atoms with van der Waals surface area (Å²) in [6.07, 6.45) is 0.322. The summed E-state index contributed by atoms with van der Waals surface area (Å²) in [5, 5.41) is 6.26. The molecule has 0 saturated heterocycles. The van der Waals surface area contributed by atoms with Crippen LogP contribution in [-0.2, 0) is 9.53 Å². The number of anilines is 1. The molecule has 0 bridgehead atoms. The molecule has 27 heavy (non-hydrogen) atoms. The molecule has 2 amide bonds. The Kier molecular flexibility index (Phi) is 7.62. The van der Waals surface area contributed by atoms with Crippen LogP contribution in [0.5, 0.6) is 5.75 Å². The molecule has 7 nitrogen and oxygen atoms in total. The van der Waals surface area contributed by atoms with E-state index in [1.165, 1.54) is 0 Å². The minimum atomic E-state index is -0.131. The fourth-order valence-electron chi connectivity index (χ4n) is 2.98. The molecule has 0 aromatic heterocycles. The van der Waals surface area contributed by atoms with Gasteiger partial charge < -0.3 is 25.0 Å². The zero-order valence-corrected chi connectivity index (χ0v) is 16.9. The van der Waals surface area contributed by atoms with Crippen molar-refractivity contribution >= 4 is 17.5 Å². The van der Waals surface area contributed by atoms with Gasteiger partial charge in [0.25, 0.3) is 5.91 Å². The molecule has 0 unspecified atom stereocenters. The van der Waals surface area contributed by atoms with Crippen LogP contribution in [0.4, 0.5) is 5.69 Å². The molecule has 3 atom stereocenters. The summed E-state index contributed by atoms with van der Waals surface area (Å²) in [5.41, 5.74) is 1.09. The molecule has 0 spiro atoms. The van der Waals surface area contributed by atoms with Crippen LogP contribution < -0.4 is 15.4 Å². The third kappa shape index (κ3) is 5.68. The van der Waals surface area contributed by atoms with E-state index in [-0.39, 0.29) is 29.9 Å². The first-order valence-corrected chi connectivity index (χ1v) is 9.44. The van der Waals surface area contributed by atoms with Gasteiger partial charge in [-0.3, -0.25) is 9.59 Å². The number of carbonyl (C=O) groups excluding carboxylic acids is 2. The lowest BCUT2D eigenvalue weighted by molar-refractivity contribution is -0.115. The average Bonchev–Trinajstić information content (AvgIpc) is 2.67. The Labute approximate surface area is 161 Å². The van der Waals surface area contributed by atoms with Gasteiger partial charge in [-0.2, -0.15) is 0 Å².